The molecule has 0 heterocycles. The lowest BCUT2D eigenvalue weighted by molar-refractivity contribution is -0.149. The molecule has 0 aliphatic carbocycles. The molecule has 14 heavy (non-hydrogen) atoms. The molecule has 0 aliphatic rings. The van der Waals surface area contributed by atoms with Crippen LogP contribution in [0.4, 0.5) is 0 Å². The minimum Gasteiger partial charge on any atom is -0.463 e. The van der Waals surface area contributed by atoms with Crippen LogP contribution in [0.5, 0.6) is 0 Å². The van der Waals surface area contributed by atoms with Gasteiger partial charge in [-0.25, -0.2) is 9.36 Å². The standard InChI is InChI=1S/C7H15O6P/c1-7(2,3)5-12-6(8)4-13-14(9,10)11/h4-5H2,1-3H3,(H2,9,10,11). The van der Waals surface area contributed by atoms with E-state index in [9.17, 15) is 9.36 Å². The summed E-state index contributed by atoms with van der Waals surface area (Å²) in [6.07, 6.45) is 0. The van der Waals surface area contributed by atoms with E-state index in [1.165, 1.54) is 0 Å². The number of phosphoric ester groups is 1. The minimum atomic E-state index is -4.58. The van der Waals surface area contributed by atoms with Gasteiger partial charge in [-0.3, -0.25) is 4.52 Å². The molecule has 0 saturated carbocycles. The summed E-state index contributed by atoms with van der Waals surface area (Å²) in [5, 5.41) is 0. The maximum atomic E-state index is 10.8. The molecule has 0 rings (SSSR count). The van der Waals surface area contributed by atoms with Crippen molar-refractivity contribution >= 4 is 13.8 Å². The van der Waals surface area contributed by atoms with E-state index in [4.69, 9.17) is 14.5 Å². The first kappa shape index (κ1) is 13.6. The summed E-state index contributed by atoms with van der Waals surface area (Å²) < 4.78 is 18.8. The predicted molar refractivity (Wildman–Crippen MR) is 48.4 cm³/mol. The molecule has 0 radical (unpaired) electrons. The predicted octanol–water partition coefficient (Wildman–Crippen LogP) is 0.685. The lowest BCUT2D eigenvalue weighted by Gasteiger charge is -2.17. The van der Waals surface area contributed by atoms with Crippen LogP contribution in [-0.2, 0) is 18.6 Å². The van der Waals surface area contributed by atoms with Gasteiger partial charge in [0.2, 0.25) is 0 Å². The van der Waals surface area contributed by atoms with E-state index in [1.54, 1.807) is 0 Å². The van der Waals surface area contributed by atoms with E-state index in [0.717, 1.165) is 0 Å². The van der Waals surface area contributed by atoms with Crippen LogP contribution in [0.3, 0.4) is 0 Å². The number of carbonyl (C=O) groups is 1. The van der Waals surface area contributed by atoms with E-state index < -0.39 is 20.4 Å². The van der Waals surface area contributed by atoms with Gasteiger partial charge in [-0.1, -0.05) is 20.8 Å². The Morgan fingerprint density at radius 3 is 2.21 bits per heavy atom. The van der Waals surface area contributed by atoms with Crippen molar-refractivity contribution in [1.82, 2.24) is 0 Å². The number of rotatable bonds is 4. The molecule has 0 amide bonds. The number of carbonyl (C=O) groups excluding carboxylic acids is 1. The van der Waals surface area contributed by atoms with Gasteiger partial charge in [0.1, 0.15) is 0 Å². The Kier molecular flexibility index (Phi) is 4.74. The summed E-state index contributed by atoms with van der Waals surface area (Å²) in [5.41, 5.74) is -0.183. The van der Waals surface area contributed by atoms with Crippen molar-refractivity contribution in [3.8, 4) is 0 Å². The Bertz CT molecular complexity index is 237. The van der Waals surface area contributed by atoms with E-state index in [2.05, 4.69) is 4.52 Å². The molecule has 0 aromatic heterocycles. The van der Waals surface area contributed by atoms with Crippen LogP contribution < -0.4 is 0 Å². The van der Waals surface area contributed by atoms with Gasteiger partial charge in [0.25, 0.3) is 0 Å². The Morgan fingerprint density at radius 1 is 1.36 bits per heavy atom. The number of phosphoric acid groups is 1. The second-order valence-corrected chi connectivity index (χ2v) is 5.22. The lowest BCUT2D eigenvalue weighted by Crippen LogP contribution is -2.20. The third-order valence-electron chi connectivity index (χ3n) is 1.02. The monoisotopic (exact) mass is 226 g/mol. The average Bonchev–Trinajstić information content (AvgIpc) is 1.94. The lowest BCUT2D eigenvalue weighted by atomic mass is 9.99. The summed E-state index contributed by atoms with van der Waals surface area (Å²) in [5.74, 6) is -0.789. The Balaban J connectivity index is 3.73. The van der Waals surface area contributed by atoms with Gasteiger partial charge in [-0.15, -0.1) is 0 Å². The molecule has 0 fully saturated rings. The number of hydrogen-bond acceptors (Lipinski definition) is 4. The highest BCUT2D eigenvalue weighted by molar-refractivity contribution is 7.46. The van der Waals surface area contributed by atoms with Gasteiger partial charge >= 0.3 is 13.8 Å². The highest BCUT2D eigenvalue weighted by Gasteiger charge is 2.18. The summed E-state index contributed by atoms with van der Waals surface area (Å²) in [6, 6.07) is 0. The topological polar surface area (TPSA) is 93.1 Å². The maximum absolute atomic E-state index is 10.8. The fourth-order valence-corrected chi connectivity index (χ4v) is 0.749. The molecular formula is C7H15O6P. The van der Waals surface area contributed by atoms with Crippen molar-refractivity contribution in [1.29, 1.82) is 0 Å². The zero-order valence-electron chi connectivity index (χ0n) is 8.39. The molecule has 0 aromatic rings. The van der Waals surface area contributed by atoms with Gasteiger partial charge in [-0.2, -0.15) is 0 Å². The largest absolute Gasteiger partial charge is 0.470 e. The Hall–Kier alpha value is -0.420. The molecule has 84 valence electrons. The van der Waals surface area contributed by atoms with Crippen LogP contribution in [0.2, 0.25) is 0 Å². The molecule has 0 aromatic carbocycles. The SMILES string of the molecule is CC(C)(C)COC(=O)COP(=O)(O)O. The molecule has 0 spiro atoms. The highest BCUT2D eigenvalue weighted by Crippen LogP contribution is 2.35. The summed E-state index contributed by atoms with van der Waals surface area (Å²) in [6.45, 7) is 5.04. The minimum absolute atomic E-state index is 0.177. The van der Waals surface area contributed by atoms with Gasteiger partial charge < -0.3 is 14.5 Å². The van der Waals surface area contributed by atoms with Crippen LogP contribution in [0.25, 0.3) is 0 Å². The normalized spacial score (nSPS) is 12.6. The molecule has 0 saturated heterocycles. The number of hydrogen-bond donors (Lipinski definition) is 2. The highest BCUT2D eigenvalue weighted by atomic mass is 31.2. The summed E-state index contributed by atoms with van der Waals surface area (Å²) in [7, 11) is -4.58. The van der Waals surface area contributed by atoms with Crippen molar-refractivity contribution in [3.05, 3.63) is 0 Å². The number of esters is 1. The van der Waals surface area contributed by atoms with E-state index >= 15 is 0 Å². The third-order valence-corrected chi connectivity index (χ3v) is 1.48. The molecule has 0 aliphatic heterocycles. The third kappa shape index (κ3) is 9.67. The molecule has 7 heteroatoms. The zero-order chi connectivity index (χ0) is 11.4. The fourth-order valence-electron chi connectivity index (χ4n) is 0.475. The van der Waals surface area contributed by atoms with Crippen molar-refractivity contribution in [3.63, 3.8) is 0 Å². The van der Waals surface area contributed by atoms with Gasteiger partial charge in [-0.05, 0) is 5.41 Å². The van der Waals surface area contributed by atoms with Crippen LogP contribution in [0.1, 0.15) is 20.8 Å². The Labute approximate surface area is 82.5 Å². The summed E-state index contributed by atoms with van der Waals surface area (Å²) in [4.78, 5) is 27.4. The fraction of sp³-hybridized carbons (Fsp3) is 0.857. The first-order chi connectivity index (χ1) is 6.10. The van der Waals surface area contributed by atoms with Crippen molar-refractivity contribution < 1.29 is 28.4 Å². The van der Waals surface area contributed by atoms with Gasteiger partial charge in [0, 0.05) is 0 Å². The molecule has 0 unspecified atom stereocenters. The van der Waals surface area contributed by atoms with Crippen molar-refractivity contribution in [2.75, 3.05) is 13.2 Å². The Morgan fingerprint density at radius 2 is 1.86 bits per heavy atom. The average molecular weight is 226 g/mol. The second-order valence-electron chi connectivity index (χ2n) is 3.99. The van der Waals surface area contributed by atoms with Gasteiger partial charge in [0.15, 0.2) is 6.61 Å². The second kappa shape index (κ2) is 4.89. The first-order valence-corrected chi connectivity index (χ1v) is 5.49. The van der Waals surface area contributed by atoms with E-state index in [1.807, 2.05) is 20.8 Å². The van der Waals surface area contributed by atoms with E-state index in [0.29, 0.717) is 0 Å². The summed E-state index contributed by atoms with van der Waals surface area (Å²) >= 11 is 0. The number of ether oxygens (including phenoxy) is 1. The van der Waals surface area contributed by atoms with E-state index in [-0.39, 0.29) is 12.0 Å². The molecule has 6 nitrogen and oxygen atoms in total. The van der Waals surface area contributed by atoms with Crippen LogP contribution in [0, 0.1) is 5.41 Å². The molecule has 0 bridgehead atoms. The quantitative estimate of drug-likeness (QED) is 0.541. The van der Waals surface area contributed by atoms with Crippen LogP contribution >= 0.6 is 7.82 Å². The van der Waals surface area contributed by atoms with Crippen LogP contribution in [-0.4, -0.2) is 29.0 Å². The molecule has 2 N–H and O–H groups in total. The zero-order valence-corrected chi connectivity index (χ0v) is 9.28. The van der Waals surface area contributed by atoms with Crippen LogP contribution in [0.15, 0.2) is 0 Å². The maximum Gasteiger partial charge on any atom is 0.470 e. The molecular weight excluding hydrogens is 211 g/mol. The van der Waals surface area contributed by atoms with Crippen molar-refractivity contribution in [2.24, 2.45) is 5.41 Å². The molecule has 0 atom stereocenters. The van der Waals surface area contributed by atoms with Crippen molar-refractivity contribution in [2.45, 2.75) is 20.8 Å². The first-order valence-electron chi connectivity index (χ1n) is 3.96. The smallest absolute Gasteiger partial charge is 0.463 e. The van der Waals surface area contributed by atoms with Gasteiger partial charge in [0.05, 0.1) is 6.61 Å².